The third-order valence-electron chi connectivity index (χ3n) is 13.8. The molecule has 5 aliphatic rings. The Kier molecular flexibility index (Phi) is 13.9. The van der Waals surface area contributed by atoms with E-state index in [1.165, 1.54) is 116 Å². The van der Waals surface area contributed by atoms with Crippen molar-refractivity contribution in [1.82, 2.24) is 0 Å². The molecule has 0 N–H and O–H groups in total. The lowest BCUT2D eigenvalue weighted by molar-refractivity contribution is -0.173. The summed E-state index contributed by atoms with van der Waals surface area (Å²) < 4.78 is 11.6. The lowest BCUT2D eigenvalue weighted by atomic mass is 9.41. The fourth-order valence-electron chi connectivity index (χ4n) is 10.8. The Labute approximate surface area is 287 Å². The van der Waals surface area contributed by atoms with Gasteiger partial charge >= 0.3 is 0 Å². The zero-order chi connectivity index (χ0) is 31.8. The summed E-state index contributed by atoms with van der Waals surface area (Å²) >= 11 is 14.7. The van der Waals surface area contributed by atoms with Crippen molar-refractivity contribution >= 4 is 29.0 Å². The number of hydrogen-bond donors (Lipinski definition) is 0. The first-order valence-corrected chi connectivity index (χ1v) is 20.8. The minimum atomic E-state index is -0.877. The van der Waals surface area contributed by atoms with E-state index in [0.29, 0.717) is 18.0 Å². The molecule has 0 aliphatic heterocycles. The first-order chi connectivity index (χ1) is 21.9. The lowest BCUT2D eigenvalue weighted by Gasteiger charge is -2.67. The standard InChI is InChI=1S/C40H68Cl2O3/c1-3-5-7-9-11-29-44-35-17-13-31(14-18-35)33-21-25-38(26-22-33)37(43)39(40(38,41)42)27-23-34(24-28-39)32-15-19-36(20-16-32)45-30-12-10-8-6-4-2/h31-36H,3-30H2,1-2H3. The zero-order valence-electron chi connectivity index (χ0n) is 29.2. The van der Waals surface area contributed by atoms with Crippen LogP contribution in [0.4, 0.5) is 0 Å². The predicted molar refractivity (Wildman–Crippen MR) is 189 cm³/mol. The van der Waals surface area contributed by atoms with Crippen molar-refractivity contribution < 1.29 is 14.3 Å². The zero-order valence-corrected chi connectivity index (χ0v) is 30.8. The van der Waals surface area contributed by atoms with Gasteiger partial charge in [-0.3, -0.25) is 4.79 Å². The quantitative estimate of drug-likeness (QED) is 0.121. The molecule has 0 aromatic carbocycles. The van der Waals surface area contributed by atoms with E-state index in [0.717, 1.165) is 88.3 Å². The Bertz CT molecular complexity index is 804. The monoisotopic (exact) mass is 666 g/mol. The van der Waals surface area contributed by atoms with E-state index in [1.807, 2.05) is 0 Å². The first-order valence-electron chi connectivity index (χ1n) is 20.0. The summed E-state index contributed by atoms with van der Waals surface area (Å²) in [6, 6.07) is 0. The van der Waals surface area contributed by atoms with Gasteiger partial charge in [-0.2, -0.15) is 0 Å². The molecule has 5 saturated carbocycles. The summed E-state index contributed by atoms with van der Waals surface area (Å²) in [7, 11) is 0. The highest BCUT2D eigenvalue weighted by atomic mass is 35.5. The van der Waals surface area contributed by atoms with Gasteiger partial charge in [-0.1, -0.05) is 88.4 Å². The Balaban J connectivity index is 0.999. The van der Waals surface area contributed by atoms with Gasteiger partial charge in [0.25, 0.3) is 0 Å². The molecule has 0 unspecified atom stereocenters. The average molecular weight is 668 g/mol. The molecule has 3 nitrogen and oxygen atoms in total. The Morgan fingerprint density at radius 1 is 0.511 bits per heavy atom. The number of ether oxygens (including phenoxy) is 2. The molecule has 0 saturated heterocycles. The Morgan fingerprint density at radius 3 is 1.18 bits per heavy atom. The van der Waals surface area contributed by atoms with E-state index in [9.17, 15) is 4.79 Å². The van der Waals surface area contributed by atoms with Gasteiger partial charge in [0.05, 0.1) is 23.0 Å². The predicted octanol–water partition coefficient (Wildman–Crippen LogP) is 12.2. The van der Waals surface area contributed by atoms with Crippen LogP contribution in [-0.4, -0.2) is 35.5 Å². The third-order valence-corrected chi connectivity index (χ3v) is 15.3. The molecule has 0 amide bonds. The number of carbonyl (C=O) groups excluding carboxylic acids is 1. The summed E-state index contributed by atoms with van der Waals surface area (Å²) in [5.74, 6) is 3.49. The lowest BCUT2D eigenvalue weighted by Crippen LogP contribution is -2.74. The number of hydrogen-bond acceptors (Lipinski definition) is 3. The highest BCUT2D eigenvalue weighted by Gasteiger charge is 2.79. The molecular formula is C40H68Cl2O3. The van der Waals surface area contributed by atoms with Crippen molar-refractivity contribution in [3.05, 3.63) is 0 Å². The fourth-order valence-corrected chi connectivity index (χ4v) is 11.9. The maximum atomic E-state index is 14.1. The van der Waals surface area contributed by atoms with Gasteiger partial charge in [0.15, 0.2) is 5.78 Å². The molecule has 0 aromatic rings. The number of Topliss-reactive ketones (excluding diaryl/α,β-unsaturated/α-hetero) is 1. The van der Waals surface area contributed by atoms with E-state index in [1.54, 1.807) is 0 Å². The third kappa shape index (κ3) is 8.15. The molecule has 5 aliphatic carbocycles. The summed E-state index contributed by atoms with van der Waals surface area (Å²) in [4.78, 5) is 14.1. The maximum Gasteiger partial charge on any atom is 0.151 e. The summed E-state index contributed by atoms with van der Waals surface area (Å²) in [6.45, 7) is 6.43. The molecule has 0 radical (unpaired) electrons. The van der Waals surface area contributed by atoms with Crippen molar-refractivity contribution in [3.63, 3.8) is 0 Å². The smallest absolute Gasteiger partial charge is 0.151 e. The van der Waals surface area contributed by atoms with Crippen molar-refractivity contribution in [3.8, 4) is 0 Å². The van der Waals surface area contributed by atoms with E-state index >= 15 is 0 Å². The number of carbonyl (C=O) groups is 1. The molecule has 2 spiro atoms. The van der Waals surface area contributed by atoms with E-state index in [2.05, 4.69) is 13.8 Å². The van der Waals surface area contributed by atoms with Gasteiger partial charge in [0, 0.05) is 13.2 Å². The minimum absolute atomic E-state index is 0.448. The largest absolute Gasteiger partial charge is 0.378 e. The molecule has 0 heterocycles. The number of halogens is 2. The van der Waals surface area contributed by atoms with Crippen LogP contribution in [0.2, 0.25) is 0 Å². The second-order valence-electron chi connectivity index (χ2n) is 16.4. The molecule has 0 bridgehead atoms. The van der Waals surface area contributed by atoms with E-state index < -0.39 is 15.2 Å². The van der Waals surface area contributed by atoms with Crippen molar-refractivity contribution in [2.24, 2.45) is 34.5 Å². The van der Waals surface area contributed by atoms with Crippen LogP contribution >= 0.6 is 23.2 Å². The highest BCUT2D eigenvalue weighted by molar-refractivity contribution is 6.55. The van der Waals surface area contributed by atoms with Crippen molar-refractivity contribution in [1.29, 1.82) is 0 Å². The van der Waals surface area contributed by atoms with Crippen LogP contribution in [0.5, 0.6) is 0 Å². The minimum Gasteiger partial charge on any atom is -0.378 e. The van der Waals surface area contributed by atoms with Gasteiger partial charge < -0.3 is 9.47 Å². The van der Waals surface area contributed by atoms with Gasteiger partial charge in [-0.25, -0.2) is 0 Å². The number of unbranched alkanes of at least 4 members (excludes halogenated alkanes) is 8. The maximum absolute atomic E-state index is 14.1. The van der Waals surface area contributed by atoms with Gasteiger partial charge in [-0.05, 0) is 139 Å². The van der Waals surface area contributed by atoms with Crippen LogP contribution in [0.1, 0.15) is 181 Å². The molecule has 5 heteroatoms. The van der Waals surface area contributed by atoms with Crippen LogP contribution in [-0.2, 0) is 14.3 Å². The van der Waals surface area contributed by atoms with Crippen LogP contribution in [0.3, 0.4) is 0 Å². The van der Waals surface area contributed by atoms with E-state index in [4.69, 9.17) is 32.7 Å². The SMILES string of the molecule is CCCCCCCOC1CCC(C2CCC3(CC2)C(=O)C2(CCC(C4CCC(OCCCCCCC)CC4)CC2)C3(Cl)Cl)CC1. The normalized spacial score (nSPS) is 38.4. The molecular weight excluding hydrogens is 599 g/mol. The molecule has 0 atom stereocenters. The van der Waals surface area contributed by atoms with Crippen LogP contribution in [0, 0.1) is 34.5 Å². The Morgan fingerprint density at radius 2 is 0.844 bits per heavy atom. The highest BCUT2D eigenvalue weighted by Crippen LogP contribution is 2.75. The summed E-state index contributed by atoms with van der Waals surface area (Å²) in [5, 5.41) is 0. The van der Waals surface area contributed by atoms with Crippen molar-refractivity contribution in [2.45, 2.75) is 197 Å². The first kappa shape index (κ1) is 36.5. The van der Waals surface area contributed by atoms with Gasteiger partial charge in [0.1, 0.15) is 4.33 Å². The number of ketones is 1. The fraction of sp³-hybridized carbons (Fsp3) is 0.975. The number of alkyl halides is 2. The summed E-state index contributed by atoms with van der Waals surface area (Å²) in [6.07, 6.45) is 32.2. The van der Waals surface area contributed by atoms with Crippen LogP contribution in [0.15, 0.2) is 0 Å². The average Bonchev–Trinajstić information content (AvgIpc) is 3.08. The molecule has 5 fully saturated rings. The van der Waals surface area contributed by atoms with Crippen LogP contribution in [0.25, 0.3) is 0 Å². The van der Waals surface area contributed by atoms with Gasteiger partial charge in [-0.15, -0.1) is 0 Å². The number of rotatable bonds is 16. The topological polar surface area (TPSA) is 35.5 Å². The molecule has 5 rings (SSSR count). The van der Waals surface area contributed by atoms with Crippen molar-refractivity contribution in [2.75, 3.05) is 13.2 Å². The van der Waals surface area contributed by atoms with Gasteiger partial charge in [0.2, 0.25) is 0 Å². The van der Waals surface area contributed by atoms with E-state index in [-0.39, 0.29) is 0 Å². The molecule has 260 valence electrons. The molecule has 45 heavy (non-hydrogen) atoms. The van der Waals surface area contributed by atoms with Crippen LogP contribution < -0.4 is 0 Å². The Hall–Kier alpha value is 0.170. The summed E-state index contributed by atoms with van der Waals surface area (Å²) in [5.41, 5.74) is -0.965. The second-order valence-corrected chi connectivity index (χ2v) is 17.7. The second kappa shape index (κ2) is 17.2. The molecule has 0 aromatic heterocycles.